The van der Waals surface area contributed by atoms with E-state index in [2.05, 4.69) is 6.07 Å². The van der Waals surface area contributed by atoms with Crippen molar-refractivity contribution in [1.29, 1.82) is 5.26 Å². The fraction of sp³-hybridized carbons (Fsp3) is 0. The van der Waals surface area contributed by atoms with Crippen LogP contribution in [0.15, 0.2) is 59.4 Å². The van der Waals surface area contributed by atoms with Crippen molar-refractivity contribution in [3.05, 3.63) is 70.4 Å². The van der Waals surface area contributed by atoms with Gasteiger partial charge in [-0.25, -0.2) is 0 Å². The van der Waals surface area contributed by atoms with Gasteiger partial charge in [0.2, 0.25) is 0 Å². The van der Waals surface area contributed by atoms with Crippen LogP contribution in [0.4, 0.5) is 0 Å². The van der Waals surface area contributed by atoms with Crippen LogP contribution >= 0.6 is 11.3 Å². The van der Waals surface area contributed by atoms with Gasteiger partial charge in [0.05, 0.1) is 11.6 Å². The van der Waals surface area contributed by atoms with Crippen molar-refractivity contribution in [2.75, 3.05) is 0 Å². The van der Waals surface area contributed by atoms with Gasteiger partial charge in [0, 0.05) is 21.0 Å². The number of nitrogens with zero attached hydrogens (tertiary/aromatic N) is 1. The summed E-state index contributed by atoms with van der Waals surface area (Å²) in [6, 6.07) is 18.6. The Hall–Kier alpha value is -2.44. The molecule has 2 nitrogen and oxygen atoms in total. The largest absolute Gasteiger partial charge is 0.289 e. The highest BCUT2D eigenvalue weighted by molar-refractivity contribution is 7.21. The number of rotatable bonds is 1. The molecule has 0 amide bonds. The van der Waals surface area contributed by atoms with Crippen LogP contribution in [-0.4, -0.2) is 0 Å². The maximum Gasteiger partial charge on any atom is 0.188 e. The van der Waals surface area contributed by atoms with E-state index >= 15 is 0 Å². The molecule has 0 fully saturated rings. The van der Waals surface area contributed by atoms with Crippen LogP contribution in [0.1, 0.15) is 5.56 Å². The van der Waals surface area contributed by atoms with Crippen LogP contribution in [0.3, 0.4) is 0 Å². The van der Waals surface area contributed by atoms with Crippen LogP contribution in [-0.2, 0) is 0 Å². The molecule has 0 saturated heterocycles. The molecule has 0 aliphatic rings. The summed E-state index contributed by atoms with van der Waals surface area (Å²) >= 11 is 1.58. The smallest absolute Gasteiger partial charge is 0.188 e. The zero-order chi connectivity index (χ0) is 13.2. The van der Waals surface area contributed by atoms with Gasteiger partial charge in [0.25, 0.3) is 0 Å². The van der Waals surface area contributed by atoms with Crippen molar-refractivity contribution in [2.24, 2.45) is 0 Å². The van der Waals surface area contributed by atoms with Crippen molar-refractivity contribution in [1.82, 2.24) is 0 Å². The van der Waals surface area contributed by atoms with Gasteiger partial charge in [-0.05, 0) is 29.8 Å². The predicted molar refractivity (Wildman–Crippen MR) is 78.2 cm³/mol. The third kappa shape index (κ3) is 2.14. The van der Waals surface area contributed by atoms with Crippen LogP contribution in [0.5, 0.6) is 0 Å². The molecule has 3 aromatic rings. The van der Waals surface area contributed by atoms with Crippen molar-refractivity contribution in [2.45, 2.75) is 0 Å². The minimum Gasteiger partial charge on any atom is -0.289 e. The molecule has 19 heavy (non-hydrogen) atoms. The van der Waals surface area contributed by atoms with Crippen LogP contribution in [0.25, 0.3) is 20.5 Å². The molecule has 90 valence electrons. The third-order valence-corrected chi connectivity index (χ3v) is 4.08. The first-order valence-electron chi connectivity index (χ1n) is 5.81. The molecule has 1 aromatic heterocycles. The second-order valence-electron chi connectivity index (χ2n) is 4.16. The molecule has 0 saturated carbocycles. The molecule has 0 aliphatic heterocycles. The average molecular weight is 263 g/mol. The Morgan fingerprint density at radius 3 is 2.47 bits per heavy atom. The average Bonchev–Trinajstić information content (AvgIpc) is 2.47. The van der Waals surface area contributed by atoms with E-state index in [-0.39, 0.29) is 5.43 Å². The monoisotopic (exact) mass is 263 g/mol. The summed E-state index contributed by atoms with van der Waals surface area (Å²) in [5, 5.41) is 9.54. The fourth-order valence-corrected chi connectivity index (χ4v) is 3.04. The summed E-state index contributed by atoms with van der Waals surface area (Å²) in [6.45, 7) is 0. The van der Waals surface area contributed by atoms with E-state index in [1.165, 1.54) is 0 Å². The Bertz CT molecular complexity index is 841. The first kappa shape index (κ1) is 11.6. The van der Waals surface area contributed by atoms with Crippen LogP contribution < -0.4 is 5.43 Å². The van der Waals surface area contributed by atoms with Gasteiger partial charge >= 0.3 is 0 Å². The Morgan fingerprint density at radius 2 is 1.74 bits per heavy atom. The highest BCUT2D eigenvalue weighted by Crippen LogP contribution is 2.27. The van der Waals surface area contributed by atoms with Gasteiger partial charge in [0.1, 0.15) is 0 Å². The zero-order valence-corrected chi connectivity index (χ0v) is 10.8. The maximum atomic E-state index is 12.1. The van der Waals surface area contributed by atoms with E-state index in [1.54, 1.807) is 29.5 Å². The van der Waals surface area contributed by atoms with E-state index in [0.29, 0.717) is 5.56 Å². The molecule has 0 spiro atoms. The topological polar surface area (TPSA) is 40.9 Å². The van der Waals surface area contributed by atoms with E-state index in [9.17, 15) is 4.79 Å². The summed E-state index contributed by atoms with van der Waals surface area (Å²) in [6.07, 6.45) is 0. The first-order valence-corrected chi connectivity index (χ1v) is 6.63. The molecule has 0 radical (unpaired) electrons. The Morgan fingerprint density at radius 1 is 1.00 bits per heavy atom. The van der Waals surface area contributed by atoms with Gasteiger partial charge < -0.3 is 0 Å². The van der Waals surface area contributed by atoms with Crippen molar-refractivity contribution >= 4 is 21.4 Å². The molecule has 0 aliphatic carbocycles. The number of benzene rings is 2. The number of hydrogen-bond acceptors (Lipinski definition) is 3. The molecular weight excluding hydrogens is 254 g/mol. The van der Waals surface area contributed by atoms with E-state index in [4.69, 9.17) is 5.26 Å². The minimum absolute atomic E-state index is 0.0358. The SMILES string of the molecule is N#Cc1ccc(-c2cc(=O)c3ccccc3s2)cc1. The lowest BCUT2D eigenvalue weighted by molar-refractivity contribution is 1.49. The molecule has 0 bridgehead atoms. The highest BCUT2D eigenvalue weighted by Gasteiger charge is 2.04. The molecule has 1 heterocycles. The summed E-state index contributed by atoms with van der Waals surface area (Å²) in [5.74, 6) is 0. The van der Waals surface area contributed by atoms with E-state index in [1.807, 2.05) is 36.4 Å². The number of hydrogen-bond donors (Lipinski definition) is 0. The molecule has 0 N–H and O–H groups in total. The zero-order valence-electron chi connectivity index (χ0n) is 9.96. The fourth-order valence-electron chi connectivity index (χ4n) is 1.96. The predicted octanol–water partition coefficient (Wildman–Crippen LogP) is 3.80. The molecular formula is C16H9NOS. The molecule has 0 unspecified atom stereocenters. The summed E-state index contributed by atoms with van der Waals surface area (Å²) in [4.78, 5) is 13.0. The minimum atomic E-state index is 0.0358. The number of fused-ring (bicyclic) bond motifs is 1. The third-order valence-electron chi connectivity index (χ3n) is 2.93. The maximum absolute atomic E-state index is 12.1. The van der Waals surface area contributed by atoms with Crippen LogP contribution in [0.2, 0.25) is 0 Å². The summed E-state index contributed by atoms with van der Waals surface area (Å²) in [7, 11) is 0. The summed E-state index contributed by atoms with van der Waals surface area (Å²) < 4.78 is 0.981. The van der Waals surface area contributed by atoms with E-state index in [0.717, 1.165) is 20.5 Å². The molecule has 3 heteroatoms. The quantitative estimate of drug-likeness (QED) is 0.670. The Labute approximate surface area is 114 Å². The lowest BCUT2D eigenvalue weighted by Crippen LogP contribution is -1.98. The second kappa shape index (κ2) is 4.68. The lowest BCUT2D eigenvalue weighted by Gasteiger charge is -2.02. The van der Waals surface area contributed by atoms with E-state index < -0.39 is 0 Å². The highest BCUT2D eigenvalue weighted by atomic mass is 32.1. The second-order valence-corrected chi connectivity index (χ2v) is 5.24. The van der Waals surface area contributed by atoms with Gasteiger partial charge in [-0.3, -0.25) is 4.79 Å². The van der Waals surface area contributed by atoms with Crippen molar-refractivity contribution < 1.29 is 0 Å². The Kier molecular flexibility index (Phi) is 2.86. The summed E-state index contributed by atoms with van der Waals surface area (Å²) in [5.41, 5.74) is 1.62. The standard InChI is InChI=1S/C16H9NOS/c17-10-11-5-7-12(8-6-11)16-9-14(18)13-3-1-2-4-15(13)19-16/h1-9H. The number of nitriles is 1. The molecule has 0 atom stereocenters. The molecule has 3 rings (SSSR count). The van der Waals surface area contributed by atoms with Gasteiger partial charge in [-0.15, -0.1) is 11.3 Å². The van der Waals surface area contributed by atoms with Crippen molar-refractivity contribution in [3.63, 3.8) is 0 Å². The van der Waals surface area contributed by atoms with Crippen LogP contribution in [0, 0.1) is 11.3 Å². The van der Waals surface area contributed by atoms with Crippen molar-refractivity contribution in [3.8, 4) is 16.5 Å². The Balaban J connectivity index is 2.20. The lowest BCUT2D eigenvalue weighted by atomic mass is 10.1. The van der Waals surface area contributed by atoms with Gasteiger partial charge in [-0.2, -0.15) is 5.26 Å². The van der Waals surface area contributed by atoms with Gasteiger partial charge in [0.15, 0.2) is 5.43 Å². The normalized spacial score (nSPS) is 10.3. The van der Waals surface area contributed by atoms with Gasteiger partial charge in [-0.1, -0.05) is 24.3 Å². The molecule has 2 aromatic carbocycles. The first-order chi connectivity index (χ1) is 9.28.